The molecule has 0 saturated carbocycles. The molecule has 0 radical (unpaired) electrons. The third-order valence-electron chi connectivity index (χ3n) is 7.74. The summed E-state index contributed by atoms with van der Waals surface area (Å²) in [4.78, 5) is 30.0. The Bertz CT molecular complexity index is 1790. The molecule has 2 amide bonds. The smallest absolute Gasteiger partial charge is 0.264 e. The van der Waals surface area contributed by atoms with Crippen molar-refractivity contribution in [1.29, 1.82) is 0 Å². The van der Waals surface area contributed by atoms with E-state index in [1.54, 1.807) is 54.6 Å². The van der Waals surface area contributed by atoms with Gasteiger partial charge in [0.1, 0.15) is 18.3 Å². The number of rotatable bonds is 15. The van der Waals surface area contributed by atoms with Crippen LogP contribution in [-0.4, -0.2) is 50.4 Å². The molecule has 4 aromatic rings. The summed E-state index contributed by atoms with van der Waals surface area (Å²) >= 11 is 16.1. The zero-order valence-electron chi connectivity index (χ0n) is 26.9. The molecule has 12 heteroatoms. The third kappa shape index (κ3) is 9.75. The Kier molecular flexibility index (Phi) is 13.3. The van der Waals surface area contributed by atoms with Crippen LogP contribution in [0.4, 0.5) is 5.69 Å². The number of nitrogens with one attached hydrogen (secondary N) is 1. The van der Waals surface area contributed by atoms with Gasteiger partial charge in [0.05, 0.1) is 17.2 Å². The molecule has 0 aliphatic rings. The average Bonchev–Trinajstić information content (AvgIpc) is 3.07. The fraction of sp³-hybridized carbons (Fsp3) is 0.278. The molecule has 2 atom stereocenters. The van der Waals surface area contributed by atoms with Crippen molar-refractivity contribution in [2.75, 3.05) is 17.5 Å². The van der Waals surface area contributed by atoms with E-state index in [0.717, 1.165) is 9.87 Å². The molecule has 1 N–H and O–H groups in total. The van der Waals surface area contributed by atoms with E-state index in [2.05, 4.69) is 21.2 Å². The van der Waals surface area contributed by atoms with E-state index in [1.807, 2.05) is 51.1 Å². The van der Waals surface area contributed by atoms with Crippen LogP contribution in [0, 0.1) is 0 Å². The molecule has 4 aromatic carbocycles. The van der Waals surface area contributed by atoms with Gasteiger partial charge in [0, 0.05) is 33.5 Å². The number of halogens is 3. The lowest BCUT2D eigenvalue weighted by Crippen LogP contribution is -2.54. The van der Waals surface area contributed by atoms with Crippen LogP contribution < -0.4 is 14.4 Å². The van der Waals surface area contributed by atoms with E-state index in [9.17, 15) is 18.0 Å². The molecule has 0 unspecified atom stereocenters. The Hall–Kier alpha value is -3.57. The van der Waals surface area contributed by atoms with Gasteiger partial charge in [0.2, 0.25) is 11.8 Å². The number of hydrogen-bond acceptors (Lipinski definition) is 5. The maximum Gasteiger partial charge on any atom is 0.264 e. The van der Waals surface area contributed by atoms with Crippen LogP contribution in [0.25, 0.3) is 0 Å². The highest BCUT2D eigenvalue weighted by Crippen LogP contribution is 2.29. The summed E-state index contributed by atoms with van der Waals surface area (Å²) < 4.78 is 35.8. The number of amides is 2. The van der Waals surface area contributed by atoms with Crippen molar-refractivity contribution in [3.8, 4) is 5.75 Å². The van der Waals surface area contributed by atoms with Gasteiger partial charge >= 0.3 is 0 Å². The quantitative estimate of drug-likeness (QED) is 0.133. The maximum atomic E-state index is 14.6. The van der Waals surface area contributed by atoms with Crippen molar-refractivity contribution < 1.29 is 22.7 Å². The van der Waals surface area contributed by atoms with Gasteiger partial charge in [0.25, 0.3) is 10.0 Å². The standard InChI is InChI=1S/C36H38BrCl2N3O5S/c1-4-25(3)40-36(44)34(21-26-9-7-6-8-10-26)41(23-27-11-14-29(38)22-33(27)39)35(43)24-42(30-15-17-31(18-16-30)47-5-2)48(45,46)32-19-12-28(37)13-20-32/h6-20,22,25,34H,4-5,21,23-24H2,1-3H3,(H,40,44)/t25-,34-/m1/s1. The number of carbonyl (C=O) groups excluding carboxylic acids is 2. The molecule has 254 valence electrons. The highest BCUT2D eigenvalue weighted by atomic mass is 79.9. The molecule has 0 spiro atoms. The topological polar surface area (TPSA) is 96.0 Å². The lowest BCUT2D eigenvalue weighted by Gasteiger charge is -2.34. The third-order valence-corrected chi connectivity index (χ3v) is 10.6. The molecule has 0 bridgehead atoms. The summed E-state index contributed by atoms with van der Waals surface area (Å²) in [5.74, 6) is -0.414. The first-order valence-electron chi connectivity index (χ1n) is 15.5. The second-order valence-electron chi connectivity index (χ2n) is 11.2. The summed E-state index contributed by atoms with van der Waals surface area (Å²) in [5.41, 5.74) is 1.63. The highest BCUT2D eigenvalue weighted by molar-refractivity contribution is 9.10. The Morgan fingerprint density at radius 1 is 0.917 bits per heavy atom. The minimum Gasteiger partial charge on any atom is -0.494 e. The van der Waals surface area contributed by atoms with Crippen molar-refractivity contribution in [2.45, 2.75) is 57.1 Å². The van der Waals surface area contributed by atoms with Gasteiger partial charge in [-0.15, -0.1) is 0 Å². The van der Waals surface area contributed by atoms with Gasteiger partial charge in [-0.3, -0.25) is 13.9 Å². The first-order valence-corrected chi connectivity index (χ1v) is 18.5. The molecular formula is C36H38BrCl2N3O5S. The van der Waals surface area contributed by atoms with Crippen molar-refractivity contribution in [2.24, 2.45) is 0 Å². The summed E-state index contributed by atoms with van der Waals surface area (Å²) in [6.45, 7) is 5.45. The van der Waals surface area contributed by atoms with Gasteiger partial charge in [0.15, 0.2) is 0 Å². The van der Waals surface area contributed by atoms with Crippen LogP contribution in [0.15, 0.2) is 106 Å². The molecule has 0 saturated heterocycles. The molecule has 0 fully saturated rings. The Balaban J connectivity index is 1.83. The number of sulfonamides is 1. The first-order chi connectivity index (χ1) is 22.9. The maximum absolute atomic E-state index is 14.6. The van der Waals surface area contributed by atoms with E-state index < -0.39 is 28.5 Å². The lowest BCUT2D eigenvalue weighted by molar-refractivity contribution is -0.140. The second-order valence-corrected chi connectivity index (χ2v) is 14.8. The van der Waals surface area contributed by atoms with Gasteiger partial charge in [-0.1, -0.05) is 82.5 Å². The molecule has 0 aliphatic heterocycles. The van der Waals surface area contributed by atoms with Crippen molar-refractivity contribution in [3.05, 3.63) is 123 Å². The van der Waals surface area contributed by atoms with Gasteiger partial charge in [-0.05, 0) is 92.1 Å². The first kappa shape index (κ1) is 37.3. The number of nitrogens with zero attached hydrogens (tertiary/aromatic N) is 2. The van der Waals surface area contributed by atoms with Crippen LogP contribution in [0.3, 0.4) is 0 Å². The fourth-order valence-electron chi connectivity index (χ4n) is 4.97. The van der Waals surface area contributed by atoms with Crippen LogP contribution >= 0.6 is 39.1 Å². The molecule has 8 nitrogen and oxygen atoms in total. The van der Waals surface area contributed by atoms with E-state index in [0.29, 0.717) is 38.9 Å². The molecule has 0 aromatic heterocycles. The molecule has 0 aliphatic carbocycles. The van der Waals surface area contributed by atoms with E-state index in [-0.39, 0.29) is 35.5 Å². The number of carbonyl (C=O) groups is 2. The summed E-state index contributed by atoms with van der Waals surface area (Å²) in [7, 11) is -4.26. The largest absolute Gasteiger partial charge is 0.494 e. The fourth-order valence-corrected chi connectivity index (χ4v) is 7.11. The van der Waals surface area contributed by atoms with Gasteiger partial charge in [-0.25, -0.2) is 8.42 Å². The number of ether oxygens (including phenoxy) is 1. The molecule has 48 heavy (non-hydrogen) atoms. The van der Waals surface area contributed by atoms with Crippen LogP contribution in [0.2, 0.25) is 10.0 Å². The number of benzene rings is 4. The normalized spacial score (nSPS) is 12.5. The Morgan fingerprint density at radius 2 is 1.58 bits per heavy atom. The van der Waals surface area contributed by atoms with Gasteiger partial charge < -0.3 is 15.0 Å². The molecule has 4 rings (SSSR count). The summed E-state index contributed by atoms with van der Waals surface area (Å²) in [5, 5.41) is 3.75. The highest BCUT2D eigenvalue weighted by Gasteiger charge is 2.35. The Labute approximate surface area is 301 Å². The lowest BCUT2D eigenvalue weighted by atomic mass is 10.0. The summed E-state index contributed by atoms with van der Waals surface area (Å²) in [6, 6.07) is 25.8. The van der Waals surface area contributed by atoms with Crippen molar-refractivity contribution in [3.63, 3.8) is 0 Å². The van der Waals surface area contributed by atoms with E-state index in [1.165, 1.54) is 17.0 Å². The minimum absolute atomic E-state index is 0.00460. The SMILES string of the molecule is CCOc1ccc(N(CC(=O)N(Cc2ccc(Cl)cc2Cl)[C@H](Cc2ccccc2)C(=O)N[C@H](C)CC)S(=O)(=O)c2ccc(Br)cc2)cc1. The zero-order valence-corrected chi connectivity index (χ0v) is 30.8. The van der Waals surface area contributed by atoms with E-state index >= 15 is 0 Å². The van der Waals surface area contributed by atoms with Crippen molar-refractivity contribution in [1.82, 2.24) is 10.2 Å². The average molecular weight is 776 g/mol. The summed E-state index contributed by atoms with van der Waals surface area (Å²) in [6.07, 6.45) is 0.861. The van der Waals surface area contributed by atoms with Crippen LogP contribution in [0.5, 0.6) is 5.75 Å². The predicted octanol–water partition coefficient (Wildman–Crippen LogP) is 7.90. The Morgan fingerprint density at radius 3 is 2.19 bits per heavy atom. The van der Waals surface area contributed by atoms with E-state index in [4.69, 9.17) is 27.9 Å². The van der Waals surface area contributed by atoms with Gasteiger partial charge in [-0.2, -0.15) is 0 Å². The zero-order chi connectivity index (χ0) is 34.8. The predicted molar refractivity (Wildman–Crippen MR) is 195 cm³/mol. The molecule has 0 heterocycles. The number of hydrogen-bond donors (Lipinski definition) is 1. The van der Waals surface area contributed by atoms with Crippen molar-refractivity contribution >= 4 is 66.7 Å². The minimum atomic E-state index is -4.26. The monoisotopic (exact) mass is 773 g/mol. The van der Waals surface area contributed by atoms with Crippen LogP contribution in [0.1, 0.15) is 38.3 Å². The molecular weight excluding hydrogens is 737 g/mol. The van der Waals surface area contributed by atoms with Crippen LogP contribution in [-0.2, 0) is 32.6 Å². The second kappa shape index (κ2) is 17.2. The number of anilines is 1.